The van der Waals surface area contributed by atoms with Gasteiger partial charge in [-0.05, 0) is 6.92 Å². The Balaban J connectivity index is 3.66. The van der Waals surface area contributed by atoms with Crippen molar-refractivity contribution in [3.05, 3.63) is 34.6 Å². The molecule has 1 atom stereocenters. The Labute approximate surface area is 106 Å². The normalized spacial score (nSPS) is 14.4. The fourth-order valence-corrected chi connectivity index (χ4v) is 2.25. The van der Waals surface area contributed by atoms with E-state index in [-0.39, 0.29) is 6.92 Å². The van der Waals surface area contributed by atoms with Gasteiger partial charge in [0.15, 0.2) is 23.3 Å². The van der Waals surface area contributed by atoms with Crippen molar-refractivity contribution in [1.29, 1.82) is 0 Å². The van der Waals surface area contributed by atoms with Crippen molar-refractivity contribution in [2.24, 2.45) is 0 Å². The van der Waals surface area contributed by atoms with E-state index in [0.29, 0.717) is 0 Å². The van der Waals surface area contributed by atoms with Crippen molar-refractivity contribution in [2.75, 3.05) is 0 Å². The van der Waals surface area contributed by atoms with Gasteiger partial charge in [-0.3, -0.25) is 0 Å². The molecule has 1 aromatic carbocycles. The molecule has 0 N–H and O–H groups in total. The summed E-state index contributed by atoms with van der Waals surface area (Å²) in [6.45, 7) is 0.168. The topological polar surface area (TPSA) is 34.1 Å². The largest absolute Gasteiger partial charge is 0.497 e. The fraction of sp³-hybridized carbons (Fsp3) is 0.333. The lowest BCUT2D eigenvalue weighted by Gasteiger charge is -2.17. The standard InChI is InChI=1S/C9H4F8O2S/c1-2(20(18,19)9(15,16)17)3-4(10)6(12)8(14)7(13)5(3)11/h2H,1H3. The van der Waals surface area contributed by atoms with E-state index in [9.17, 15) is 43.5 Å². The Morgan fingerprint density at radius 2 is 1.10 bits per heavy atom. The zero-order valence-corrected chi connectivity index (χ0v) is 10.1. The second-order valence-corrected chi connectivity index (χ2v) is 5.88. The highest BCUT2D eigenvalue weighted by atomic mass is 32.2. The van der Waals surface area contributed by atoms with Gasteiger partial charge < -0.3 is 0 Å². The Bertz CT molecular complexity index is 620. The summed E-state index contributed by atoms with van der Waals surface area (Å²) in [5.41, 5.74) is -7.97. The van der Waals surface area contributed by atoms with Crippen LogP contribution in [0.4, 0.5) is 35.1 Å². The van der Waals surface area contributed by atoms with E-state index < -0.39 is 55.2 Å². The van der Waals surface area contributed by atoms with Crippen LogP contribution in [0.1, 0.15) is 17.7 Å². The minimum Gasteiger partial charge on any atom is -0.219 e. The lowest BCUT2D eigenvalue weighted by molar-refractivity contribution is -0.0444. The summed E-state index contributed by atoms with van der Waals surface area (Å²) in [5.74, 6) is -12.9. The van der Waals surface area contributed by atoms with Gasteiger partial charge in [0.05, 0.1) is 5.25 Å². The van der Waals surface area contributed by atoms with Crippen LogP contribution in [0.15, 0.2) is 0 Å². The van der Waals surface area contributed by atoms with Gasteiger partial charge in [-0.1, -0.05) is 0 Å². The third kappa shape index (κ3) is 2.34. The summed E-state index contributed by atoms with van der Waals surface area (Å²) in [5, 5.41) is -2.99. The maximum Gasteiger partial charge on any atom is 0.497 e. The molecule has 0 fully saturated rings. The average molecular weight is 328 g/mol. The van der Waals surface area contributed by atoms with Crippen molar-refractivity contribution in [1.82, 2.24) is 0 Å². The second kappa shape index (κ2) is 4.86. The Hall–Kier alpha value is -1.39. The number of halogens is 8. The van der Waals surface area contributed by atoms with E-state index >= 15 is 0 Å². The molecule has 0 radical (unpaired) electrons. The van der Waals surface area contributed by atoms with Crippen molar-refractivity contribution >= 4 is 9.84 Å². The van der Waals surface area contributed by atoms with Crippen LogP contribution in [-0.2, 0) is 9.84 Å². The molecule has 2 nitrogen and oxygen atoms in total. The Kier molecular flexibility index (Phi) is 4.05. The van der Waals surface area contributed by atoms with E-state index in [2.05, 4.69) is 0 Å². The molecule has 0 aliphatic rings. The molecule has 1 rings (SSSR count). The number of hydrogen-bond acceptors (Lipinski definition) is 2. The molecule has 20 heavy (non-hydrogen) atoms. The molecule has 0 aromatic heterocycles. The first-order valence-electron chi connectivity index (χ1n) is 4.65. The number of rotatable bonds is 2. The van der Waals surface area contributed by atoms with Crippen LogP contribution >= 0.6 is 0 Å². The first kappa shape index (κ1) is 16.7. The summed E-state index contributed by atoms with van der Waals surface area (Å²) in [4.78, 5) is 0. The average Bonchev–Trinajstić information content (AvgIpc) is 2.32. The lowest BCUT2D eigenvalue weighted by Crippen LogP contribution is -2.29. The molecule has 1 unspecified atom stereocenters. The second-order valence-electron chi connectivity index (χ2n) is 3.62. The smallest absolute Gasteiger partial charge is 0.219 e. The number of alkyl halides is 3. The molecular formula is C9H4F8O2S. The SMILES string of the molecule is CC(c1c(F)c(F)c(F)c(F)c1F)S(=O)(=O)C(F)(F)F. The third-order valence-electron chi connectivity index (χ3n) is 2.44. The maximum atomic E-state index is 13.2. The summed E-state index contributed by atoms with van der Waals surface area (Å²) < 4.78 is 123. The zero-order valence-electron chi connectivity index (χ0n) is 9.33. The van der Waals surface area contributed by atoms with Gasteiger partial charge in [-0.2, -0.15) is 13.2 Å². The maximum absolute atomic E-state index is 13.2. The van der Waals surface area contributed by atoms with Crippen LogP contribution in [0.25, 0.3) is 0 Å². The highest BCUT2D eigenvalue weighted by Gasteiger charge is 2.51. The minimum atomic E-state index is -6.16. The van der Waals surface area contributed by atoms with E-state index in [4.69, 9.17) is 0 Å². The van der Waals surface area contributed by atoms with E-state index in [0.717, 1.165) is 0 Å². The van der Waals surface area contributed by atoms with Crippen LogP contribution < -0.4 is 0 Å². The Morgan fingerprint density at radius 3 is 1.40 bits per heavy atom. The third-order valence-corrected chi connectivity index (χ3v) is 4.25. The van der Waals surface area contributed by atoms with E-state index in [1.807, 2.05) is 0 Å². The number of benzene rings is 1. The van der Waals surface area contributed by atoms with Crippen molar-refractivity contribution in [3.8, 4) is 0 Å². The monoisotopic (exact) mass is 328 g/mol. The summed E-state index contributed by atoms with van der Waals surface area (Å²) in [6, 6.07) is 0. The van der Waals surface area contributed by atoms with Gasteiger partial charge in [0.2, 0.25) is 5.82 Å². The van der Waals surface area contributed by atoms with Gasteiger partial charge in [-0.15, -0.1) is 0 Å². The van der Waals surface area contributed by atoms with Crippen LogP contribution in [0.2, 0.25) is 0 Å². The number of hydrogen-bond donors (Lipinski definition) is 0. The quantitative estimate of drug-likeness (QED) is 0.474. The Morgan fingerprint density at radius 1 is 0.800 bits per heavy atom. The molecule has 114 valence electrons. The van der Waals surface area contributed by atoms with Gasteiger partial charge in [0, 0.05) is 5.56 Å². The molecular weight excluding hydrogens is 324 g/mol. The highest BCUT2D eigenvalue weighted by Crippen LogP contribution is 2.38. The molecule has 0 spiro atoms. The molecule has 11 heteroatoms. The summed E-state index contributed by atoms with van der Waals surface area (Å²) in [7, 11) is -6.16. The van der Waals surface area contributed by atoms with E-state index in [1.165, 1.54) is 0 Å². The van der Waals surface area contributed by atoms with Crippen LogP contribution in [0.5, 0.6) is 0 Å². The van der Waals surface area contributed by atoms with Gasteiger partial charge in [0.1, 0.15) is 0 Å². The van der Waals surface area contributed by atoms with E-state index in [1.54, 1.807) is 0 Å². The molecule has 0 aliphatic heterocycles. The lowest BCUT2D eigenvalue weighted by atomic mass is 10.1. The van der Waals surface area contributed by atoms with Crippen LogP contribution in [-0.4, -0.2) is 13.9 Å². The number of sulfone groups is 1. The van der Waals surface area contributed by atoms with Crippen LogP contribution in [0.3, 0.4) is 0 Å². The fourth-order valence-electron chi connectivity index (χ4n) is 1.33. The zero-order chi connectivity index (χ0) is 16.0. The first-order chi connectivity index (χ1) is 8.84. The molecule has 0 saturated heterocycles. The molecule has 0 aliphatic carbocycles. The molecule has 1 aromatic rings. The summed E-state index contributed by atoms with van der Waals surface area (Å²) >= 11 is 0. The first-order valence-corrected chi connectivity index (χ1v) is 6.20. The summed E-state index contributed by atoms with van der Waals surface area (Å²) in [6.07, 6.45) is 0. The molecule has 0 heterocycles. The minimum absolute atomic E-state index is 0.168. The highest BCUT2D eigenvalue weighted by molar-refractivity contribution is 7.92. The molecule has 0 saturated carbocycles. The van der Waals surface area contributed by atoms with Gasteiger partial charge in [-0.25, -0.2) is 30.4 Å². The van der Waals surface area contributed by atoms with Crippen molar-refractivity contribution < 1.29 is 43.5 Å². The van der Waals surface area contributed by atoms with Crippen molar-refractivity contribution in [2.45, 2.75) is 17.7 Å². The molecule has 0 amide bonds. The van der Waals surface area contributed by atoms with Gasteiger partial charge >= 0.3 is 5.51 Å². The van der Waals surface area contributed by atoms with Crippen LogP contribution in [0, 0.1) is 29.1 Å². The van der Waals surface area contributed by atoms with Crippen molar-refractivity contribution in [3.63, 3.8) is 0 Å². The molecule has 0 bridgehead atoms. The predicted octanol–water partition coefficient (Wildman–Crippen LogP) is 3.38. The van der Waals surface area contributed by atoms with Gasteiger partial charge in [0.25, 0.3) is 9.84 Å². The predicted molar refractivity (Wildman–Crippen MR) is 49.6 cm³/mol.